The topological polar surface area (TPSA) is 0 Å². The van der Waals surface area contributed by atoms with E-state index in [4.69, 9.17) is 11.6 Å². The minimum absolute atomic E-state index is 0.127. The van der Waals surface area contributed by atoms with Crippen LogP contribution in [0.15, 0.2) is 30.3 Å². The van der Waals surface area contributed by atoms with Gasteiger partial charge in [-0.2, -0.15) is 0 Å². The molecule has 4 heteroatoms. The van der Waals surface area contributed by atoms with Gasteiger partial charge in [0.05, 0.1) is 0 Å². The summed E-state index contributed by atoms with van der Waals surface area (Å²) in [4.78, 5) is 0. The summed E-state index contributed by atoms with van der Waals surface area (Å²) >= 11 is 5.36. The number of benzene rings is 2. The molecule has 0 aromatic heterocycles. The van der Waals surface area contributed by atoms with E-state index in [0.29, 0.717) is 0 Å². The van der Waals surface area contributed by atoms with Crippen LogP contribution >= 0.6 is 11.6 Å². The van der Waals surface area contributed by atoms with E-state index >= 15 is 0 Å². The molecule has 0 aliphatic carbocycles. The van der Waals surface area contributed by atoms with Gasteiger partial charge in [-0.3, -0.25) is 0 Å². The highest BCUT2D eigenvalue weighted by atomic mass is 35.5. The van der Waals surface area contributed by atoms with E-state index in [1.54, 1.807) is 13.0 Å². The van der Waals surface area contributed by atoms with Crippen LogP contribution in [-0.4, -0.2) is 0 Å². The molecule has 0 fully saturated rings. The Morgan fingerprint density at radius 3 is 2.00 bits per heavy atom. The molecular formula is C13H8ClF3. The first-order chi connectivity index (χ1) is 7.99. The van der Waals surface area contributed by atoms with Crippen molar-refractivity contribution in [2.75, 3.05) is 0 Å². The summed E-state index contributed by atoms with van der Waals surface area (Å²) in [6, 6.07) is 6.48. The monoisotopic (exact) mass is 256 g/mol. The Labute approximate surface area is 102 Å². The molecule has 0 amide bonds. The second kappa shape index (κ2) is 4.41. The van der Waals surface area contributed by atoms with Crippen molar-refractivity contribution in [3.05, 3.63) is 58.4 Å². The first-order valence-electron chi connectivity index (χ1n) is 4.90. The molecule has 0 aliphatic heterocycles. The Balaban J connectivity index is 2.61. The summed E-state index contributed by atoms with van der Waals surface area (Å²) in [5.74, 6) is -2.32. The standard InChI is InChI=1S/C13H8ClF3/c1-7-2-3-9(10(15)4-7)8-5-11(16)13(14)12(17)6-8/h2-6H,1H3. The maximum absolute atomic E-state index is 13.6. The quantitative estimate of drug-likeness (QED) is 0.647. The first kappa shape index (κ1) is 12.0. The number of hydrogen-bond acceptors (Lipinski definition) is 0. The van der Waals surface area contributed by atoms with Crippen LogP contribution in [0.2, 0.25) is 5.02 Å². The Hall–Kier alpha value is -1.48. The predicted octanol–water partition coefficient (Wildman–Crippen LogP) is 4.73. The van der Waals surface area contributed by atoms with Crippen molar-refractivity contribution >= 4 is 11.6 Å². The lowest BCUT2D eigenvalue weighted by Crippen LogP contribution is -1.90. The van der Waals surface area contributed by atoms with E-state index in [0.717, 1.165) is 17.7 Å². The highest BCUT2D eigenvalue weighted by Crippen LogP contribution is 2.29. The molecule has 0 unspecified atom stereocenters. The summed E-state index contributed by atoms with van der Waals surface area (Å²) < 4.78 is 40.1. The highest BCUT2D eigenvalue weighted by Gasteiger charge is 2.12. The van der Waals surface area contributed by atoms with Crippen LogP contribution in [0.25, 0.3) is 11.1 Å². The number of hydrogen-bond donors (Lipinski definition) is 0. The third kappa shape index (κ3) is 2.29. The smallest absolute Gasteiger partial charge is 0.145 e. The van der Waals surface area contributed by atoms with Gasteiger partial charge in [0.1, 0.15) is 22.5 Å². The van der Waals surface area contributed by atoms with Crippen molar-refractivity contribution in [1.82, 2.24) is 0 Å². The molecule has 0 heterocycles. The fourth-order valence-corrected chi connectivity index (χ4v) is 1.67. The van der Waals surface area contributed by atoms with E-state index in [9.17, 15) is 13.2 Å². The molecule has 0 aliphatic rings. The van der Waals surface area contributed by atoms with Gasteiger partial charge in [0.25, 0.3) is 0 Å². The van der Waals surface area contributed by atoms with E-state index in [1.807, 2.05) is 0 Å². The van der Waals surface area contributed by atoms with Crippen molar-refractivity contribution < 1.29 is 13.2 Å². The number of halogens is 4. The van der Waals surface area contributed by atoms with Crippen LogP contribution < -0.4 is 0 Å². The molecule has 0 atom stereocenters. The van der Waals surface area contributed by atoms with Crippen molar-refractivity contribution in [3.63, 3.8) is 0 Å². The summed E-state index contributed by atoms with van der Waals surface area (Å²) in [6.07, 6.45) is 0. The van der Waals surface area contributed by atoms with Gasteiger partial charge in [0.15, 0.2) is 0 Å². The Bertz CT molecular complexity index is 556. The zero-order chi connectivity index (χ0) is 12.6. The van der Waals surface area contributed by atoms with Crippen LogP contribution in [0.4, 0.5) is 13.2 Å². The van der Waals surface area contributed by atoms with Crippen LogP contribution in [-0.2, 0) is 0 Å². The Kier molecular flexibility index (Phi) is 3.11. The summed E-state index contributed by atoms with van der Waals surface area (Å²) in [6.45, 7) is 1.73. The van der Waals surface area contributed by atoms with E-state index in [-0.39, 0.29) is 11.1 Å². The van der Waals surface area contributed by atoms with Crippen molar-refractivity contribution in [3.8, 4) is 11.1 Å². The lowest BCUT2D eigenvalue weighted by molar-refractivity contribution is 0.584. The van der Waals surface area contributed by atoms with Gasteiger partial charge in [-0.1, -0.05) is 23.7 Å². The molecule has 0 N–H and O–H groups in total. The molecule has 0 spiro atoms. The average molecular weight is 257 g/mol. The van der Waals surface area contributed by atoms with Crippen LogP contribution in [0.3, 0.4) is 0 Å². The minimum Gasteiger partial charge on any atom is -0.206 e. The summed E-state index contributed by atoms with van der Waals surface area (Å²) in [5.41, 5.74) is 1.01. The van der Waals surface area contributed by atoms with E-state index < -0.39 is 22.5 Å². The molecular weight excluding hydrogens is 249 g/mol. The maximum Gasteiger partial charge on any atom is 0.145 e. The van der Waals surface area contributed by atoms with E-state index in [2.05, 4.69) is 0 Å². The fraction of sp³-hybridized carbons (Fsp3) is 0.0769. The second-order valence-electron chi connectivity index (χ2n) is 3.74. The molecule has 0 saturated carbocycles. The zero-order valence-corrected chi connectivity index (χ0v) is 9.65. The molecule has 17 heavy (non-hydrogen) atoms. The molecule has 2 aromatic carbocycles. The van der Waals surface area contributed by atoms with Gasteiger partial charge < -0.3 is 0 Å². The largest absolute Gasteiger partial charge is 0.206 e. The lowest BCUT2D eigenvalue weighted by Gasteiger charge is -2.06. The third-order valence-corrected chi connectivity index (χ3v) is 2.78. The van der Waals surface area contributed by atoms with Gasteiger partial charge in [-0.25, -0.2) is 13.2 Å². The molecule has 2 rings (SSSR count). The molecule has 0 bridgehead atoms. The van der Waals surface area contributed by atoms with Gasteiger partial charge >= 0.3 is 0 Å². The molecule has 0 radical (unpaired) electrons. The van der Waals surface area contributed by atoms with Crippen molar-refractivity contribution in [2.24, 2.45) is 0 Å². The second-order valence-corrected chi connectivity index (χ2v) is 4.12. The molecule has 88 valence electrons. The van der Waals surface area contributed by atoms with Gasteiger partial charge in [0, 0.05) is 5.56 Å². The van der Waals surface area contributed by atoms with E-state index in [1.165, 1.54) is 12.1 Å². The first-order valence-corrected chi connectivity index (χ1v) is 5.28. The van der Waals surface area contributed by atoms with Crippen LogP contribution in [0, 0.1) is 24.4 Å². The van der Waals surface area contributed by atoms with Crippen LogP contribution in [0.5, 0.6) is 0 Å². The third-order valence-electron chi connectivity index (χ3n) is 2.42. The van der Waals surface area contributed by atoms with Gasteiger partial charge in [0.2, 0.25) is 0 Å². The Morgan fingerprint density at radius 1 is 0.882 bits per heavy atom. The Morgan fingerprint density at radius 2 is 1.47 bits per heavy atom. The average Bonchev–Trinajstić information content (AvgIpc) is 2.25. The maximum atomic E-state index is 13.6. The van der Waals surface area contributed by atoms with Gasteiger partial charge in [-0.05, 0) is 36.2 Å². The number of rotatable bonds is 1. The SMILES string of the molecule is Cc1ccc(-c2cc(F)c(Cl)c(F)c2)c(F)c1. The van der Waals surface area contributed by atoms with Gasteiger partial charge in [-0.15, -0.1) is 0 Å². The highest BCUT2D eigenvalue weighted by molar-refractivity contribution is 6.31. The van der Waals surface area contributed by atoms with Crippen LogP contribution in [0.1, 0.15) is 5.56 Å². The lowest BCUT2D eigenvalue weighted by atomic mass is 10.0. The predicted molar refractivity (Wildman–Crippen MR) is 61.5 cm³/mol. The van der Waals surface area contributed by atoms with Crippen molar-refractivity contribution in [2.45, 2.75) is 6.92 Å². The summed E-state index contributed by atoms with van der Waals surface area (Å²) in [7, 11) is 0. The molecule has 2 aromatic rings. The zero-order valence-electron chi connectivity index (χ0n) is 8.90. The molecule has 0 saturated heterocycles. The summed E-state index contributed by atoms with van der Waals surface area (Å²) in [5, 5.41) is -0.582. The fourth-order valence-electron chi connectivity index (χ4n) is 1.57. The number of aryl methyl sites for hydroxylation is 1. The van der Waals surface area contributed by atoms with Crippen molar-refractivity contribution in [1.29, 1.82) is 0 Å². The normalized spacial score (nSPS) is 10.6. The minimum atomic E-state index is -0.901. The molecule has 0 nitrogen and oxygen atoms in total.